The maximum absolute atomic E-state index is 13.3. The predicted octanol–water partition coefficient (Wildman–Crippen LogP) is 5.38. The highest BCUT2D eigenvalue weighted by Gasteiger charge is 2.33. The Kier molecular flexibility index (Phi) is 3.88. The maximum Gasteiger partial charge on any atom is 0.417 e. The quantitative estimate of drug-likeness (QED) is 0.487. The van der Waals surface area contributed by atoms with Crippen LogP contribution in [0.15, 0.2) is 72.9 Å². The van der Waals surface area contributed by atoms with E-state index in [1.165, 1.54) is 12.1 Å². The number of nitrogens with zero attached hydrogens (tertiary/aromatic N) is 3. The summed E-state index contributed by atoms with van der Waals surface area (Å²) in [5.41, 5.74) is 0.713. The van der Waals surface area contributed by atoms with Crippen LogP contribution < -0.4 is 0 Å². The molecular formula is C20H12F3N3. The van der Waals surface area contributed by atoms with E-state index in [1.807, 2.05) is 24.3 Å². The summed E-state index contributed by atoms with van der Waals surface area (Å²) in [6.45, 7) is 0. The molecule has 2 heterocycles. The SMILES string of the molecule is FC(F)(F)c1ccccc1-c1cccc(-c2ncc3ccccc3n2)n1. The zero-order valence-corrected chi connectivity index (χ0v) is 13.4. The lowest BCUT2D eigenvalue weighted by molar-refractivity contribution is -0.137. The van der Waals surface area contributed by atoms with E-state index in [0.717, 1.165) is 17.0 Å². The van der Waals surface area contributed by atoms with E-state index in [1.54, 1.807) is 30.5 Å². The molecular weight excluding hydrogens is 339 g/mol. The minimum atomic E-state index is -4.45. The molecule has 3 nitrogen and oxygen atoms in total. The van der Waals surface area contributed by atoms with Gasteiger partial charge in [0.05, 0.1) is 16.8 Å². The number of aromatic nitrogens is 3. The zero-order valence-electron chi connectivity index (χ0n) is 13.4. The molecule has 0 aliphatic heterocycles. The van der Waals surface area contributed by atoms with Crippen molar-refractivity contribution in [2.45, 2.75) is 6.18 Å². The fourth-order valence-electron chi connectivity index (χ4n) is 2.76. The van der Waals surface area contributed by atoms with Gasteiger partial charge in [-0.3, -0.25) is 0 Å². The Morgan fingerprint density at radius 2 is 1.42 bits per heavy atom. The highest BCUT2D eigenvalue weighted by molar-refractivity contribution is 5.79. The Balaban J connectivity index is 1.83. The topological polar surface area (TPSA) is 38.7 Å². The van der Waals surface area contributed by atoms with E-state index in [-0.39, 0.29) is 11.3 Å². The average Bonchev–Trinajstić information content (AvgIpc) is 2.67. The van der Waals surface area contributed by atoms with Crippen LogP contribution in [0.2, 0.25) is 0 Å². The van der Waals surface area contributed by atoms with Crippen molar-refractivity contribution in [3.8, 4) is 22.8 Å². The summed E-state index contributed by atoms with van der Waals surface area (Å²) in [5, 5.41) is 0.884. The Morgan fingerprint density at radius 3 is 2.27 bits per heavy atom. The molecule has 0 aliphatic carbocycles. The minimum Gasteiger partial charge on any atom is -0.244 e. The molecule has 6 heteroatoms. The minimum absolute atomic E-state index is 0.0302. The molecule has 128 valence electrons. The third-order valence-corrected chi connectivity index (χ3v) is 3.98. The van der Waals surface area contributed by atoms with Gasteiger partial charge in [0.15, 0.2) is 5.82 Å². The third-order valence-electron chi connectivity index (χ3n) is 3.98. The average molecular weight is 351 g/mol. The molecule has 4 rings (SSSR count). The van der Waals surface area contributed by atoms with Gasteiger partial charge in [-0.2, -0.15) is 13.2 Å². The normalized spacial score (nSPS) is 11.7. The Morgan fingerprint density at radius 1 is 0.692 bits per heavy atom. The van der Waals surface area contributed by atoms with Crippen LogP contribution in [0.4, 0.5) is 13.2 Å². The van der Waals surface area contributed by atoms with Crippen LogP contribution >= 0.6 is 0 Å². The lowest BCUT2D eigenvalue weighted by Gasteiger charge is -2.12. The first-order chi connectivity index (χ1) is 12.5. The van der Waals surface area contributed by atoms with Crippen molar-refractivity contribution in [2.24, 2.45) is 0 Å². The monoisotopic (exact) mass is 351 g/mol. The molecule has 2 aromatic heterocycles. The van der Waals surface area contributed by atoms with Crippen molar-refractivity contribution >= 4 is 10.9 Å². The first-order valence-electron chi connectivity index (χ1n) is 7.88. The van der Waals surface area contributed by atoms with Gasteiger partial charge in [0.25, 0.3) is 0 Å². The van der Waals surface area contributed by atoms with Gasteiger partial charge >= 0.3 is 6.18 Å². The third kappa shape index (κ3) is 3.01. The number of alkyl halides is 3. The second kappa shape index (κ2) is 6.22. The molecule has 4 aromatic rings. The Bertz CT molecular complexity index is 1090. The molecule has 26 heavy (non-hydrogen) atoms. The molecule has 2 aromatic carbocycles. The van der Waals surface area contributed by atoms with Crippen molar-refractivity contribution in [1.29, 1.82) is 0 Å². The van der Waals surface area contributed by atoms with Gasteiger partial charge in [-0.05, 0) is 24.3 Å². The van der Waals surface area contributed by atoms with Crippen LogP contribution in [0.1, 0.15) is 5.56 Å². The molecule has 0 saturated heterocycles. The molecule has 0 saturated carbocycles. The molecule has 0 spiro atoms. The molecule has 0 unspecified atom stereocenters. The zero-order chi connectivity index (χ0) is 18.1. The maximum atomic E-state index is 13.3. The summed E-state index contributed by atoms with van der Waals surface area (Å²) in [6, 6.07) is 17.8. The summed E-state index contributed by atoms with van der Waals surface area (Å²) in [4.78, 5) is 13.1. The van der Waals surface area contributed by atoms with Crippen LogP contribution in [0.5, 0.6) is 0 Å². The second-order valence-corrected chi connectivity index (χ2v) is 5.70. The molecule has 0 aliphatic rings. The first-order valence-corrected chi connectivity index (χ1v) is 7.88. The van der Waals surface area contributed by atoms with Crippen molar-refractivity contribution < 1.29 is 13.2 Å². The Hall–Kier alpha value is -3.28. The lowest BCUT2D eigenvalue weighted by Crippen LogP contribution is -2.07. The van der Waals surface area contributed by atoms with Crippen LogP contribution in [-0.4, -0.2) is 15.0 Å². The van der Waals surface area contributed by atoms with Gasteiger partial charge in [0.1, 0.15) is 5.69 Å². The fraction of sp³-hybridized carbons (Fsp3) is 0.0500. The van der Waals surface area contributed by atoms with E-state index in [0.29, 0.717) is 11.5 Å². The number of halogens is 3. The predicted molar refractivity (Wildman–Crippen MR) is 93.2 cm³/mol. The largest absolute Gasteiger partial charge is 0.417 e. The van der Waals surface area contributed by atoms with Gasteiger partial charge in [-0.1, -0.05) is 42.5 Å². The Labute approximate surface area is 147 Å². The van der Waals surface area contributed by atoms with Crippen LogP contribution in [0.25, 0.3) is 33.7 Å². The molecule has 0 N–H and O–H groups in total. The van der Waals surface area contributed by atoms with Crippen LogP contribution in [0, 0.1) is 0 Å². The van der Waals surface area contributed by atoms with Gasteiger partial charge in [-0.25, -0.2) is 15.0 Å². The number of hydrogen-bond donors (Lipinski definition) is 0. The molecule has 0 amide bonds. The smallest absolute Gasteiger partial charge is 0.244 e. The standard InChI is InChI=1S/C20H12F3N3/c21-20(22,23)15-8-3-2-7-14(15)17-10-5-11-18(25-17)19-24-12-13-6-1-4-9-16(13)26-19/h1-12H. The van der Waals surface area contributed by atoms with Crippen LogP contribution in [-0.2, 0) is 6.18 Å². The highest BCUT2D eigenvalue weighted by atomic mass is 19.4. The van der Waals surface area contributed by atoms with E-state index >= 15 is 0 Å². The van der Waals surface area contributed by atoms with Crippen molar-refractivity contribution in [3.63, 3.8) is 0 Å². The van der Waals surface area contributed by atoms with E-state index in [9.17, 15) is 13.2 Å². The van der Waals surface area contributed by atoms with Gasteiger partial charge in [0, 0.05) is 17.1 Å². The van der Waals surface area contributed by atoms with Crippen molar-refractivity contribution in [2.75, 3.05) is 0 Å². The number of rotatable bonds is 2. The number of para-hydroxylation sites is 1. The van der Waals surface area contributed by atoms with Gasteiger partial charge < -0.3 is 0 Å². The van der Waals surface area contributed by atoms with Gasteiger partial charge in [0.2, 0.25) is 0 Å². The molecule has 0 fully saturated rings. The van der Waals surface area contributed by atoms with E-state index in [4.69, 9.17) is 0 Å². The summed E-state index contributed by atoms with van der Waals surface area (Å²) < 4.78 is 39.8. The summed E-state index contributed by atoms with van der Waals surface area (Å²) in [5.74, 6) is 0.370. The number of pyridine rings is 1. The summed E-state index contributed by atoms with van der Waals surface area (Å²) in [6.07, 6.45) is -2.77. The molecule has 0 atom stereocenters. The van der Waals surface area contributed by atoms with E-state index in [2.05, 4.69) is 15.0 Å². The fourth-order valence-corrected chi connectivity index (χ4v) is 2.76. The van der Waals surface area contributed by atoms with E-state index < -0.39 is 11.7 Å². The van der Waals surface area contributed by atoms with Gasteiger partial charge in [-0.15, -0.1) is 0 Å². The molecule has 0 bridgehead atoms. The van der Waals surface area contributed by atoms with Crippen molar-refractivity contribution in [1.82, 2.24) is 15.0 Å². The number of hydrogen-bond acceptors (Lipinski definition) is 3. The second-order valence-electron chi connectivity index (χ2n) is 5.70. The number of fused-ring (bicyclic) bond motifs is 1. The lowest BCUT2D eigenvalue weighted by atomic mass is 10.0. The summed E-state index contributed by atoms with van der Waals surface area (Å²) >= 11 is 0. The molecule has 0 radical (unpaired) electrons. The van der Waals surface area contributed by atoms with Crippen LogP contribution in [0.3, 0.4) is 0 Å². The first kappa shape index (κ1) is 16.2. The summed E-state index contributed by atoms with van der Waals surface area (Å²) in [7, 11) is 0. The van der Waals surface area contributed by atoms with Crippen molar-refractivity contribution in [3.05, 3.63) is 78.5 Å². The number of benzene rings is 2. The highest BCUT2D eigenvalue weighted by Crippen LogP contribution is 2.36.